The molecule has 0 atom stereocenters. The van der Waals surface area contributed by atoms with E-state index in [0.717, 1.165) is 11.1 Å². The van der Waals surface area contributed by atoms with Gasteiger partial charge in [-0.1, -0.05) is 22.5 Å². The molecule has 0 aliphatic rings. The second kappa shape index (κ2) is 9.44. The quantitative estimate of drug-likeness (QED) is 0.542. The van der Waals surface area contributed by atoms with Gasteiger partial charge in [-0.05, 0) is 27.7 Å². The van der Waals surface area contributed by atoms with Gasteiger partial charge >= 0.3 is 11.9 Å². The molecule has 98 valence electrons. The summed E-state index contributed by atoms with van der Waals surface area (Å²) >= 11 is 0. The number of rotatable bonds is 4. The highest BCUT2D eigenvalue weighted by atomic mass is 28.2. The van der Waals surface area contributed by atoms with Gasteiger partial charge in [0.15, 0.2) is 0 Å². The van der Waals surface area contributed by atoms with Gasteiger partial charge in [-0.2, -0.15) is 0 Å². The van der Waals surface area contributed by atoms with Gasteiger partial charge in [0.1, 0.15) is 0 Å². The Morgan fingerprint density at radius 3 is 1.44 bits per heavy atom. The summed E-state index contributed by atoms with van der Waals surface area (Å²) in [5.41, 5.74) is 5.99. The number of allylic oxidation sites excluding steroid dienone is 2. The molecule has 4 nitrogen and oxygen atoms in total. The molecular weight excluding hydrogens is 264 g/mol. The zero-order valence-electron chi connectivity index (χ0n) is 11.2. The topological polar surface area (TPSA) is 52.6 Å². The highest BCUT2D eigenvalue weighted by Crippen LogP contribution is 1.87. The molecule has 0 amide bonds. The molecule has 0 aromatic rings. The summed E-state index contributed by atoms with van der Waals surface area (Å²) in [4.78, 5) is 22.2. The fraction of sp³-hybridized carbons (Fsp3) is 0.333. The Hall–Kier alpha value is -1.59. The van der Waals surface area contributed by atoms with Gasteiger partial charge in [0, 0.05) is 11.8 Å². The minimum atomic E-state index is -1.02. The Balaban J connectivity index is 4.00. The van der Waals surface area contributed by atoms with E-state index in [1.54, 1.807) is 0 Å². The average molecular weight is 282 g/mol. The van der Waals surface area contributed by atoms with E-state index < -0.39 is 31.5 Å². The average Bonchev–Trinajstić information content (AvgIpc) is 2.25. The summed E-state index contributed by atoms with van der Waals surface area (Å²) in [6.07, 6.45) is 0. The summed E-state index contributed by atoms with van der Waals surface area (Å²) in [6, 6.07) is 0. The smallest absolute Gasteiger partial charge is 0.371 e. The van der Waals surface area contributed by atoms with Crippen LogP contribution in [0.5, 0.6) is 0 Å². The lowest BCUT2D eigenvalue weighted by Crippen LogP contribution is -2.08. The Morgan fingerprint density at radius 1 is 0.833 bits per heavy atom. The summed E-state index contributed by atoms with van der Waals surface area (Å²) in [5.74, 6) is 2.90. The summed E-state index contributed by atoms with van der Waals surface area (Å²) in [6.45, 7) is 7.71. The van der Waals surface area contributed by atoms with Crippen LogP contribution in [0.3, 0.4) is 0 Å². The van der Waals surface area contributed by atoms with Crippen LogP contribution in [0.25, 0.3) is 0 Å². The molecule has 0 N–H and O–H groups in total. The zero-order valence-corrected chi connectivity index (χ0v) is 14.0. The maximum absolute atomic E-state index is 11.1. The largest absolute Gasteiger partial charge is 0.512 e. The second-order valence-corrected chi connectivity index (χ2v) is 6.07. The highest BCUT2D eigenvalue weighted by molar-refractivity contribution is 6.39. The lowest BCUT2D eigenvalue weighted by atomic mass is 10.4. The van der Waals surface area contributed by atoms with E-state index in [9.17, 15) is 9.59 Å². The van der Waals surface area contributed by atoms with Crippen LogP contribution in [0.1, 0.15) is 27.7 Å². The van der Waals surface area contributed by atoms with Crippen molar-refractivity contribution in [3.63, 3.8) is 0 Å². The SMILES string of the molecule is CC(C)=C[SiH2]OC(=O)C#CC(=O)O[SiH2]C=C(C)C. The van der Waals surface area contributed by atoms with E-state index in [0.29, 0.717) is 0 Å². The van der Waals surface area contributed by atoms with Gasteiger partial charge in [0.25, 0.3) is 0 Å². The van der Waals surface area contributed by atoms with E-state index in [-0.39, 0.29) is 0 Å². The van der Waals surface area contributed by atoms with Crippen molar-refractivity contribution in [1.29, 1.82) is 0 Å². The monoisotopic (exact) mass is 282 g/mol. The Morgan fingerprint density at radius 2 is 1.17 bits per heavy atom. The molecule has 0 saturated carbocycles. The van der Waals surface area contributed by atoms with Crippen LogP contribution in [0.15, 0.2) is 22.5 Å². The predicted octanol–water partition coefficient (Wildman–Crippen LogP) is 0.0912. The molecule has 0 spiro atoms. The highest BCUT2D eigenvalue weighted by Gasteiger charge is 1.98. The van der Waals surface area contributed by atoms with Gasteiger partial charge < -0.3 is 8.85 Å². The third-order valence-corrected chi connectivity index (χ3v) is 4.50. The minimum Gasteiger partial charge on any atom is -0.512 e. The van der Waals surface area contributed by atoms with Crippen molar-refractivity contribution in [3.05, 3.63) is 22.5 Å². The van der Waals surface area contributed by atoms with E-state index in [1.807, 2.05) is 39.1 Å². The molecule has 0 aromatic heterocycles. The molecule has 0 radical (unpaired) electrons. The Labute approximate surface area is 112 Å². The minimum absolute atomic E-state index is 0.667. The zero-order chi connectivity index (χ0) is 14.0. The van der Waals surface area contributed by atoms with Crippen molar-refractivity contribution in [3.8, 4) is 11.8 Å². The first-order valence-corrected chi connectivity index (χ1v) is 8.33. The summed E-state index contributed by atoms with van der Waals surface area (Å²) in [5, 5.41) is 0. The van der Waals surface area contributed by atoms with Gasteiger partial charge in [-0.15, -0.1) is 0 Å². The molecule has 0 heterocycles. The van der Waals surface area contributed by atoms with Crippen molar-refractivity contribution in [2.24, 2.45) is 0 Å². The summed E-state index contributed by atoms with van der Waals surface area (Å²) < 4.78 is 9.78. The molecule has 0 aliphatic heterocycles. The van der Waals surface area contributed by atoms with Crippen molar-refractivity contribution in [2.75, 3.05) is 0 Å². The van der Waals surface area contributed by atoms with E-state index in [2.05, 4.69) is 11.8 Å². The lowest BCUT2D eigenvalue weighted by Gasteiger charge is -1.96. The van der Waals surface area contributed by atoms with Gasteiger partial charge in [0.05, 0.1) is 0 Å². The van der Waals surface area contributed by atoms with Crippen molar-refractivity contribution >= 4 is 31.5 Å². The fourth-order valence-electron chi connectivity index (χ4n) is 0.742. The van der Waals surface area contributed by atoms with Gasteiger partial charge in [-0.25, -0.2) is 9.59 Å². The van der Waals surface area contributed by atoms with E-state index in [4.69, 9.17) is 8.85 Å². The first kappa shape index (κ1) is 16.4. The molecule has 6 heteroatoms. The molecule has 0 aromatic carbocycles. The Bertz CT molecular complexity index is 381. The maximum Gasteiger partial charge on any atom is 0.371 e. The number of carbonyl (C=O) groups is 2. The van der Waals surface area contributed by atoms with E-state index >= 15 is 0 Å². The first-order valence-electron chi connectivity index (χ1n) is 5.54. The van der Waals surface area contributed by atoms with Crippen molar-refractivity contribution < 1.29 is 18.4 Å². The lowest BCUT2D eigenvalue weighted by molar-refractivity contribution is -0.129. The second-order valence-electron chi connectivity index (χ2n) is 4.01. The van der Waals surface area contributed by atoms with Crippen LogP contribution in [-0.4, -0.2) is 31.5 Å². The van der Waals surface area contributed by atoms with Crippen LogP contribution in [0.4, 0.5) is 0 Å². The third-order valence-electron chi connectivity index (χ3n) is 1.68. The van der Waals surface area contributed by atoms with Crippen LogP contribution in [-0.2, 0) is 18.4 Å². The predicted molar refractivity (Wildman–Crippen MR) is 75.9 cm³/mol. The third kappa shape index (κ3) is 10.9. The van der Waals surface area contributed by atoms with Crippen molar-refractivity contribution in [1.82, 2.24) is 0 Å². The number of carbonyl (C=O) groups excluding carboxylic acids is 2. The van der Waals surface area contributed by atoms with Crippen molar-refractivity contribution in [2.45, 2.75) is 27.7 Å². The molecular formula is C12H18O4Si2. The molecule has 0 rings (SSSR count). The van der Waals surface area contributed by atoms with Gasteiger partial charge in [-0.3, -0.25) is 0 Å². The maximum atomic E-state index is 11.1. The molecule has 0 saturated heterocycles. The van der Waals surface area contributed by atoms with Crippen LogP contribution < -0.4 is 0 Å². The van der Waals surface area contributed by atoms with E-state index in [1.165, 1.54) is 0 Å². The molecule has 18 heavy (non-hydrogen) atoms. The number of hydrogen-bond acceptors (Lipinski definition) is 4. The van der Waals surface area contributed by atoms with Crippen LogP contribution >= 0.6 is 0 Å². The first-order chi connectivity index (χ1) is 8.41. The van der Waals surface area contributed by atoms with Crippen LogP contribution in [0.2, 0.25) is 0 Å². The number of hydrogen-bond donors (Lipinski definition) is 0. The molecule has 0 bridgehead atoms. The van der Waals surface area contributed by atoms with Gasteiger partial charge in [0.2, 0.25) is 19.5 Å². The van der Waals surface area contributed by atoms with Crippen LogP contribution in [0, 0.1) is 11.8 Å². The molecule has 0 fully saturated rings. The standard InChI is InChI=1S/C12H18O4Si2/c1-9(2)7-17-15-11(13)5-6-12(14)16-18-8-10(3)4/h7-8H,17-18H2,1-4H3. The normalized spacial score (nSPS) is 9.78. The summed E-state index contributed by atoms with van der Waals surface area (Å²) in [7, 11) is -2.04. The molecule has 0 aliphatic carbocycles. The molecule has 0 unspecified atom stereocenters. The Kier molecular flexibility index (Phi) is 8.61. The fourth-order valence-corrected chi connectivity index (χ4v) is 2.02.